The summed E-state index contributed by atoms with van der Waals surface area (Å²) in [6.45, 7) is 4.36. The maximum absolute atomic E-state index is 12.9. The lowest BCUT2D eigenvalue weighted by atomic mass is 9.77. The van der Waals surface area contributed by atoms with Gasteiger partial charge in [-0.2, -0.15) is 0 Å². The second-order valence-electron chi connectivity index (χ2n) is 8.78. The molecule has 1 aliphatic heterocycles. The lowest BCUT2D eigenvalue weighted by molar-refractivity contribution is -0.136. The SMILES string of the molecule is Cc1ccc(C(CNC(=O)CN2C(=O)NC3(CCC(C)CC3)C2=O)N(C)C)cc1. The minimum absolute atomic E-state index is 0.00818. The summed E-state index contributed by atoms with van der Waals surface area (Å²) >= 11 is 0. The summed E-state index contributed by atoms with van der Waals surface area (Å²) in [5.74, 6) is -0.0200. The number of amides is 4. The second-order valence-corrected chi connectivity index (χ2v) is 8.78. The zero-order chi connectivity index (χ0) is 21.2. The molecule has 1 saturated heterocycles. The Kier molecular flexibility index (Phi) is 6.27. The number of imide groups is 1. The molecule has 158 valence electrons. The van der Waals surface area contributed by atoms with Crippen LogP contribution in [0, 0.1) is 12.8 Å². The Labute approximate surface area is 172 Å². The van der Waals surface area contributed by atoms with Crippen LogP contribution < -0.4 is 10.6 Å². The summed E-state index contributed by atoms with van der Waals surface area (Å²) in [4.78, 5) is 40.9. The van der Waals surface area contributed by atoms with Gasteiger partial charge in [0.15, 0.2) is 0 Å². The van der Waals surface area contributed by atoms with Gasteiger partial charge in [0, 0.05) is 6.54 Å². The number of carbonyl (C=O) groups excluding carboxylic acids is 3. The van der Waals surface area contributed by atoms with Crippen molar-refractivity contribution >= 4 is 17.8 Å². The quantitative estimate of drug-likeness (QED) is 0.718. The molecule has 2 N–H and O–H groups in total. The Balaban J connectivity index is 1.59. The highest BCUT2D eigenvalue weighted by atomic mass is 16.2. The van der Waals surface area contributed by atoms with Crippen molar-refractivity contribution < 1.29 is 14.4 Å². The Bertz CT molecular complexity index is 767. The van der Waals surface area contributed by atoms with Crippen LogP contribution in [0.4, 0.5) is 4.79 Å². The molecule has 0 aromatic heterocycles. The number of nitrogens with one attached hydrogen (secondary N) is 2. The molecule has 29 heavy (non-hydrogen) atoms. The van der Waals surface area contributed by atoms with E-state index >= 15 is 0 Å². The van der Waals surface area contributed by atoms with Gasteiger partial charge in [0.2, 0.25) is 5.91 Å². The van der Waals surface area contributed by atoms with Gasteiger partial charge in [-0.05, 0) is 58.2 Å². The summed E-state index contributed by atoms with van der Waals surface area (Å²) in [5, 5.41) is 5.75. The zero-order valence-electron chi connectivity index (χ0n) is 17.8. The van der Waals surface area contributed by atoms with Gasteiger partial charge >= 0.3 is 6.03 Å². The van der Waals surface area contributed by atoms with Gasteiger partial charge in [0.05, 0.1) is 6.04 Å². The van der Waals surface area contributed by atoms with E-state index < -0.39 is 11.6 Å². The van der Waals surface area contributed by atoms with Gasteiger partial charge in [0.1, 0.15) is 12.1 Å². The Morgan fingerprint density at radius 1 is 1.24 bits per heavy atom. The minimum atomic E-state index is -0.808. The molecule has 4 amide bonds. The minimum Gasteiger partial charge on any atom is -0.353 e. The van der Waals surface area contributed by atoms with Gasteiger partial charge in [-0.15, -0.1) is 0 Å². The average Bonchev–Trinajstić information content (AvgIpc) is 2.90. The maximum atomic E-state index is 12.9. The summed E-state index contributed by atoms with van der Waals surface area (Å²) < 4.78 is 0. The maximum Gasteiger partial charge on any atom is 0.325 e. The Morgan fingerprint density at radius 2 is 1.86 bits per heavy atom. The molecule has 1 aromatic rings. The van der Waals surface area contributed by atoms with Crippen molar-refractivity contribution in [1.29, 1.82) is 0 Å². The van der Waals surface area contributed by atoms with E-state index in [-0.39, 0.29) is 24.4 Å². The number of hydrogen-bond donors (Lipinski definition) is 2. The van der Waals surface area contributed by atoms with Gasteiger partial charge < -0.3 is 15.5 Å². The van der Waals surface area contributed by atoms with Crippen molar-refractivity contribution in [2.75, 3.05) is 27.2 Å². The van der Waals surface area contributed by atoms with Crippen LogP contribution in [0.3, 0.4) is 0 Å². The first-order valence-electron chi connectivity index (χ1n) is 10.4. The average molecular weight is 401 g/mol. The first-order chi connectivity index (χ1) is 13.7. The van der Waals surface area contributed by atoms with Crippen LogP contribution in [0.15, 0.2) is 24.3 Å². The van der Waals surface area contributed by atoms with Gasteiger partial charge in [-0.1, -0.05) is 36.8 Å². The van der Waals surface area contributed by atoms with Crippen LogP contribution in [-0.2, 0) is 9.59 Å². The van der Waals surface area contributed by atoms with E-state index in [9.17, 15) is 14.4 Å². The lowest BCUT2D eigenvalue weighted by Crippen LogP contribution is -2.50. The monoisotopic (exact) mass is 400 g/mol. The standard InChI is InChI=1S/C22H32N4O3/c1-15-5-7-17(8-6-15)18(25(3)4)13-23-19(27)14-26-20(28)22(24-21(26)29)11-9-16(2)10-12-22/h5-8,16,18H,9-14H2,1-4H3,(H,23,27)(H,24,29). The predicted octanol–water partition coefficient (Wildman–Crippen LogP) is 2.21. The van der Waals surface area contributed by atoms with Crippen molar-refractivity contribution in [3.63, 3.8) is 0 Å². The van der Waals surface area contributed by atoms with E-state index in [1.54, 1.807) is 0 Å². The molecule has 1 aromatic carbocycles. The first-order valence-corrected chi connectivity index (χ1v) is 10.4. The van der Waals surface area contributed by atoms with E-state index in [0.717, 1.165) is 23.3 Å². The molecular weight excluding hydrogens is 368 g/mol. The molecule has 7 nitrogen and oxygen atoms in total. The number of nitrogens with zero attached hydrogens (tertiary/aromatic N) is 2. The van der Waals surface area contributed by atoms with Crippen LogP contribution in [0.5, 0.6) is 0 Å². The molecule has 7 heteroatoms. The smallest absolute Gasteiger partial charge is 0.325 e. The fourth-order valence-corrected chi connectivity index (χ4v) is 4.21. The highest BCUT2D eigenvalue weighted by Crippen LogP contribution is 2.36. The molecule has 1 saturated carbocycles. The van der Waals surface area contributed by atoms with Crippen LogP contribution in [0.2, 0.25) is 0 Å². The van der Waals surface area contributed by atoms with Gasteiger partial charge in [-0.25, -0.2) is 4.79 Å². The van der Waals surface area contributed by atoms with Crippen molar-refractivity contribution in [3.05, 3.63) is 35.4 Å². The van der Waals surface area contributed by atoms with E-state index in [0.29, 0.717) is 25.3 Å². The number of urea groups is 1. The third-order valence-corrected chi connectivity index (χ3v) is 6.25. The summed E-state index contributed by atoms with van der Waals surface area (Å²) in [7, 11) is 3.92. The molecule has 1 atom stereocenters. The topological polar surface area (TPSA) is 81.8 Å². The van der Waals surface area contributed by atoms with E-state index in [4.69, 9.17) is 0 Å². The second kappa shape index (κ2) is 8.53. The molecule has 0 bridgehead atoms. The normalized spacial score (nSPS) is 25.4. The molecule has 1 unspecified atom stereocenters. The number of aryl methyl sites for hydroxylation is 1. The summed E-state index contributed by atoms with van der Waals surface area (Å²) in [5.41, 5.74) is 1.48. The van der Waals surface area contributed by atoms with Crippen molar-refractivity contribution in [2.45, 2.75) is 51.1 Å². The molecule has 1 heterocycles. The zero-order valence-corrected chi connectivity index (χ0v) is 17.8. The van der Waals surface area contributed by atoms with Crippen LogP contribution in [0.25, 0.3) is 0 Å². The largest absolute Gasteiger partial charge is 0.353 e. The van der Waals surface area contributed by atoms with Crippen molar-refractivity contribution in [2.24, 2.45) is 5.92 Å². The fraction of sp³-hybridized carbons (Fsp3) is 0.591. The van der Waals surface area contributed by atoms with Crippen LogP contribution in [0.1, 0.15) is 49.8 Å². The molecule has 0 radical (unpaired) electrons. The Hall–Kier alpha value is -2.41. The number of carbonyl (C=O) groups is 3. The van der Waals surface area contributed by atoms with E-state index in [1.165, 1.54) is 5.56 Å². The number of benzene rings is 1. The van der Waals surface area contributed by atoms with Crippen LogP contribution in [-0.4, -0.2) is 60.4 Å². The first kappa shape index (κ1) is 21.3. The van der Waals surface area contributed by atoms with E-state index in [1.807, 2.05) is 38.1 Å². The molecule has 2 aliphatic rings. The fourth-order valence-electron chi connectivity index (χ4n) is 4.21. The van der Waals surface area contributed by atoms with E-state index in [2.05, 4.69) is 29.7 Å². The van der Waals surface area contributed by atoms with Gasteiger partial charge in [0.25, 0.3) is 5.91 Å². The third-order valence-electron chi connectivity index (χ3n) is 6.25. The summed E-state index contributed by atoms with van der Waals surface area (Å²) in [6.07, 6.45) is 3.11. The van der Waals surface area contributed by atoms with Crippen molar-refractivity contribution in [1.82, 2.24) is 20.4 Å². The molecule has 1 aliphatic carbocycles. The highest BCUT2D eigenvalue weighted by molar-refractivity contribution is 6.09. The molecule has 1 spiro atoms. The number of likely N-dealkylation sites (N-methyl/N-ethyl adjacent to an activating group) is 1. The number of rotatable bonds is 6. The molecule has 2 fully saturated rings. The van der Waals surface area contributed by atoms with Gasteiger partial charge in [-0.3, -0.25) is 14.5 Å². The highest BCUT2D eigenvalue weighted by Gasteiger charge is 2.52. The third kappa shape index (κ3) is 4.61. The number of hydrogen-bond acceptors (Lipinski definition) is 4. The lowest BCUT2D eigenvalue weighted by Gasteiger charge is -2.33. The predicted molar refractivity (Wildman–Crippen MR) is 111 cm³/mol. The van der Waals surface area contributed by atoms with Crippen molar-refractivity contribution in [3.8, 4) is 0 Å². The summed E-state index contributed by atoms with van der Waals surface area (Å²) in [6, 6.07) is 7.75. The Morgan fingerprint density at radius 3 is 2.45 bits per heavy atom. The molecular formula is C22H32N4O3. The van der Waals surface area contributed by atoms with Crippen LogP contribution >= 0.6 is 0 Å². The molecule has 3 rings (SSSR count).